The van der Waals surface area contributed by atoms with Crippen LogP contribution in [0.25, 0.3) is 10.9 Å². The van der Waals surface area contributed by atoms with E-state index < -0.39 is 65.3 Å². The first-order valence-electron chi connectivity index (χ1n) is 21.2. The van der Waals surface area contributed by atoms with Crippen LogP contribution in [0.1, 0.15) is 104 Å². The van der Waals surface area contributed by atoms with Crippen molar-refractivity contribution in [1.82, 2.24) is 30.4 Å². The molecule has 4 heterocycles. The van der Waals surface area contributed by atoms with Gasteiger partial charge in [-0.3, -0.25) is 43.9 Å². The molecule has 338 valence electrons. The van der Waals surface area contributed by atoms with E-state index >= 15 is 0 Å². The molecule has 3 fully saturated rings. The Balaban J connectivity index is 0.853. The van der Waals surface area contributed by atoms with Crippen LogP contribution in [0.2, 0.25) is 0 Å². The first kappa shape index (κ1) is 45.5. The number of hydrogen-bond acceptors (Lipinski definition) is 13. The maximum Gasteiger partial charge on any atom is 0.490 e. The van der Waals surface area contributed by atoms with Gasteiger partial charge in [-0.15, -0.1) is 0 Å². The number of thioether (sulfide) groups is 1. The fraction of sp³-hybridized carbons (Fsp3) is 0.524. The molecule has 2 saturated heterocycles. The van der Waals surface area contributed by atoms with E-state index in [1.54, 1.807) is 18.2 Å². The summed E-state index contributed by atoms with van der Waals surface area (Å²) >= 11 is 1.46. The summed E-state index contributed by atoms with van der Waals surface area (Å²) in [4.78, 5) is 97.8. The molecule has 0 radical (unpaired) electrons. The predicted octanol–water partition coefficient (Wildman–Crippen LogP) is 4.74. The minimum absolute atomic E-state index is 0.00758. The largest absolute Gasteiger partial charge is 0.490 e. The van der Waals surface area contributed by atoms with Gasteiger partial charge in [0.2, 0.25) is 18.0 Å². The van der Waals surface area contributed by atoms with Crippen LogP contribution in [0.15, 0.2) is 35.1 Å². The number of ether oxygens (including phenoxy) is 1. The number of piperidine rings is 2. The number of anilines is 2. The van der Waals surface area contributed by atoms with E-state index in [2.05, 4.69) is 31.2 Å². The number of hydrogen-bond donors (Lipinski definition) is 5. The van der Waals surface area contributed by atoms with Crippen molar-refractivity contribution in [3.05, 3.63) is 63.5 Å². The van der Waals surface area contributed by atoms with Gasteiger partial charge >= 0.3 is 12.1 Å². The van der Waals surface area contributed by atoms with Crippen LogP contribution in [0, 0.1) is 5.82 Å². The lowest BCUT2D eigenvalue weighted by Gasteiger charge is -2.35. The number of H-pyrrole nitrogens is 1. The van der Waals surface area contributed by atoms with Crippen LogP contribution >= 0.6 is 11.8 Å². The number of carbonyl (C=O) groups is 6. The standard InChI is InChI=1S/C42H48F4N8O8S/c43-27-20-24(49-23-8-3-4-9-23)21-29-34(27)36(57)51-31(50-29)22-63-25-14-18-53(19-15-25)40(62-41(61)42(44,45)46)37(58)48-17-6-2-1-5-16-47-28-11-7-10-26-33(28)39(60)54(38(26)59)30-12-13-32(55)52-35(30)56/h7,10-11,20-21,23,25,30,40,47,49H,1-6,8-9,12-19,22H2,(H,48,58)(H,50,51,57)(H,52,55,56). The van der Waals surface area contributed by atoms with Crippen molar-refractivity contribution in [2.75, 3.05) is 36.8 Å². The molecule has 5 amide bonds. The zero-order valence-corrected chi connectivity index (χ0v) is 35.1. The van der Waals surface area contributed by atoms with Crippen LogP contribution in [0.4, 0.5) is 28.9 Å². The third-order valence-electron chi connectivity index (χ3n) is 11.7. The monoisotopic (exact) mass is 900 g/mol. The zero-order chi connectivity index (χ0) is 44.8. The first-order chi connectivity index (χ1) is 30.2. The first-order valence-corrected chi connectivity index (χ1v) is 22.2. The Morgan fingerprint density at radius 2 is 1.67 bits per heavy atom. The molecule has 3 aliphatic heterocycles. The second-order valence-corrected chi connectivity index (χ2v) is 17.4. The van der Waals surface area contributed by atoms with Crippen LogP contribution in [-0.2, 0) is 29.7 Å². The number of halogens is 4. The molecule has 1 aromatic heterocycles. The molecule has 0 spiro atoms. The summed E-state index contributed by atoms with van der Waals surface area (Å²) in [6.07, 6.45) is 0.338. The highest BCUT2D eigenvalue weighted by Gasteiger charge is 2.46. The summed E-state index contributed by atoms with van der Waals surface area (Å²) in [7, 11) is 0. The Morgan fingerprint density at radius 3 is 2.38 bits per heavy atom. The van der Waals surface area contributed by atoms with Gasteiger partial charge in [-0.25, -0.2) is 14.2 Å². The summed E-state index contributed by atoms with van der Waals surface area (Å²) < 4.78 is 59.4. The molecule has 1 saturated carbocycles. The van der Waals surface area contributed by atoms with Gasteiger partial charge in [0.15, 0.2) is 0 Å². The summed E-state index contributed by atoms with van der Waals surface area (Å²) in [5.74, 6) is -5.80. The SMILES string of the molecule is O=C1CCC(N2C(=O)c3cccc(NCCCCCCNC(=O)C(OC(=O)C(F)(F)F)N4CCC(SCc5nc6cc(NC7CCCC7)cc(F)c6c(=O)[nH]5)CC4)c3C2=O)C(=O)N1. The van der Waals surface area contributed by atoms with Gasteiger partial charge < -0.3 is 25.7 Å². The van der Waals surface area contributed by atoms with Crippen LogP contribution < -0.4 is 26.8 Å². The fourth-order valence-corrected chi connectivity index (χ4v) is 9.53. The average Bonchev–Trinajstić information content (AvgIpc) is 3.84. The minimum Gasteiger partial charge on any atom is -0.430 e. The number of nitrogens with zero attached hydrogens (tertiary/aromatic N) is 3. The molecule has 63 heavy (non-hydrogen) atoms. The van der Waals surface area contributed by atoms with E-state index in [0.717, 1.165) is 30.6 Å². The van der Waals surface area contributed by atoms with Crippen molar-refractivity contribution < 1.29 is 51.1 Å². The number of imide groups is 2. The summed E-state index contributed by atoms with van der Waals surface area (Å²) in [6, 6.07) is 6.89. The summed E-state index contributed by atoms with van der Waals surface area (Å²) in [6.45, 7) is 0.825. The van der Waals surface area contributed by atoms with Gasteiger partial charge in [0.05, 0.1) is 22.4 Å². The number of fused-ring (bicyclic) bond motifs is 2. The fourth-order valence-electron chi connectivity index (χ4n) is 8.45. The maximum absolute atomic E-state index is 14.9. The average molecular weight is 901 g/mol. The third kappa shape index (κ3) is 10.8. The quantitative estimate of drug-likeness (QED) is 0.0538. The number of likely N-dealkylation sites (tertiary alicyclic amines) is 1. The second-order valence-electron chi connectivity index (χ2n) is 16.1. The second kappa shape index (κ2) is 19.9. The molecule has 2 aromatic carbocycles. The summed E-state index contributed by atoms with van der Waals surface area (Å²) in [5.41, 5.74) is 0.915. The Hall–Kier alpha value is -5.57. The van der Waals surface area contributed by atoms with Crippen molar-refractivity contribution in [3.8, 4) is 0 Å². The molecule has 3 aromatic rings. The number of benzene rings is 2. The highest BCUT2D eigenvalue weighted by Crippen LogP contribution is 2.33. The number of esters is 1. The Bertz CT molecular complexity index is 2310. The lowest BCUT2D eigenvalue weighted by molar-refractivity contribution is -0.213. The highest BCUT2D eigenvalue weighted by molar-refractivity contribution is 7.99. The van der Waals surface area contributed by atoms with Gasteiger partial charge in [0, 0.05) is 55.3 Å². The number of rotatable bonds is 17. The number of nitrogens with one attached hydrogen (secondary N) is 5. The molecule has 16 nitrogen and oxygen atoms in total. The van der Waals surface area contributed by atoms with E-state index in [1.807, 2.05) is 0 Å². The predicted molar refractivity (Wildman–Crippen MR) is 223 cm³/mol. The molecular formula is C42H48F4N8O8S. The van der Waals surface area contributed by atoms with Crippen molar-refractivity contribution >= 4 is 69.5 Å². The Labute approximate surface area is 363 Å². The van der Waals surface area contributed by atoms with Crippen LogP contribution in [-0.4, -0.2) is 111 Å². The molecule has 7 rings (SSSR count). The Morgan fingerprint density at radius 1 is 0.937 bits per heavy atom. The van der Waals surface area contributed by atoms with E-state index in [0.29, 0.717) is 62.3 Å². The van der Waals surface area contributed by atoms with E-state index in [4.69, 9.17) is 4.74 Å². The van der Waals surface area contributed by atoms with Gasteiger partial charge in [-0.1, -0.05) is 31.7 Å². The molecule has 21 heteroatoms. The topological polar surface area (TPSA) is 212 Å². The van der Waals surface area contributed by atoms with Crippen LogP contribution in [0.5, 0.6) is 0 Å². The molecule has 5 N–H and O–H groups in total. The lowest BCUT2D eigenvalue weighted by atomic mass is 10.0. The lowest BCUT2D eigenvalue weighted by Crippen LogP contribution is -2.54. The molecule has 0 bridgehead atoms. The van der Waals surface area contributed by atoms with Gasteiger partial charge in [0.25, 0.3) is 23.3 Å². The third-order valence-corrected chi connectivity index (χ3v) is 13.0. The van der Waals surface area contributed by atoms with Gasteiger partial charge in [-0.05, 0) is 69.2 Å². The van der Waals surface area contributed by atoms with E-state index in [-0.39, 0.29) is 71.6 Å². The normalized spacial score (nSPS) is 19.3. The molecule has 2 atom stereocenters. The highest BCUT2D eigenvalue weighted by atomic mass is 32.2. The van der Waals surface area contributed by atoms with Crippen molar-refractivity contribution in [3.63, 3.8) is 0 Å². The Kier molecular flexibility index (Phi) is 14.3. The molecular weight excluding hydrogens is 853 g/mol. The number of aromatic nitrogens is 2. The minimum atomic E-state index is -5.31. The smallest absolute Gasteiger partial charge is 0.430 e. The van der Waals surface area contributed by atoms with Gasteiger partial charge in [-0.2, -0.15) is 24.9 Å². The van der Waals surface area contributed by atoms with Crippen molar-refractivity contribution in [2.45, 2.75) is 113 Å². The van der Waals surface area contributed by atoms with E-state index in [9.17, 15) is 51.1 Å². The number of unbranched alkanes of at least 4 members (excludes halogenated alkanes) is 3. The summed E-state index contributed by atoms with van der Waals surface area (Å²) in [5, 5.41) is 11.1. The van der Waals surface area contributed by atoms with Gasteiger partial charge in [0.1, 0.15) is 23.1 Å². The van der Waals surface area contributed by atoms with Crippen LogP contribution in [0.3, 0.4) is 0 Å². The van der Waals surface area contributed by atoms with E-state index in [1.165, 1.54) is 28.8 Å². The molecule has 1 aliphatic carbocycles. The zero-order valence-electron chi connectivity index (χ0n) is 34.2. The van der Waals surface area contributed by atoms with Crippen molar-refractivity contribution in [2.24, 2.45) is 0 Å². The molecule has 2 unspecified atom stereocenters. The number of amides is 5. The number of carbonyl (C=O) groups excluding carboxylic acids is 6. The van der Waals surface area contributed by atoms with Crippen molar-refractivity contribution in [1.29, 1.82) is 0 Å². The number of alkyl halides is 3. The maximum atomic E-state index is 14.9. The number of aromatic amines is 1. The molecule has 4 aliphatic rings.